The number of ether oxygens (including phenoxy) is 2. The highest BCUT2D eigenvalue weighted by Crippen LogP contribution is 2.26. The van der Waals surface area contributed by atoms with Crippen molar-refractivity contribution in [2.45, 2.75) is 32.7 Å². The molecule has 0 saturated heterocycles. The number of hydrogen-bond donors (Lipinski definition) is 2. The number of benzene rings is 1. The molecule has 1 aromatic carbocycles. The van der Waals surface area contributed by atoms with Gasteiger partial charge in [0.1, 0.15) is 12.4 Å². The lowest BCUT2D eigenvalue weighted by atomic mass is 9.91. The van der Waals surface area contributed by atoms with Gasteiger partial charge in [0.15, 0.2) is 5.96 Å². The minimum absolute atomic E-state index is 0.0611. The van der Waals surface area contributed by atoms with Crippen molar-refractivity contribution in [1.82, 2.24) is 10.6 Å². The molecule has 0 fully saturated rings. The molecule has 0 unspecified atom stereocenters. The first-order valence-corrected chi connectivity index (χ1v) is 10.2. The van der Waals surface area contributed by atoms with Gasteiger partial charge in [-0.15, -0.1) is 11.3 Å². The molecule has 1 heterocycles. The van der Waals surface area contributed by atoms with Crippen LogP contribution in [0.3, 0.4) is 0 Å². The number of rotatable bonds is 10. The standard InChI is InChI=1S/C21H31N3O2S/c1-5-22-20(24-16-21(2,3)19-7-6-14-27-19)23-15-17-8-10-18(11-9-17)26-13-12-25-4/h6-11,14H,5,12-13,15-16H2,1-4H3,(H2,22,23,24). The maximum absolute atomic E-state index is 5.59. The normalized spacial score (nSPS) is 12.1. The van der Waals surface area contributed by atoms with E-state index in [1.165, 1.54) is 4.88 Å². The molecule has 0 amide bonds. The van der Waals surface area contributed by atoms with E-state index >= 15 is 0 Å². The number of methoxy groups -OCH3 is 1. The zero-order chi connectivity index (χ0) is 19.5. The Morgan fingerprint density at radius 1 is 1.11 bits per heavy atom. The Labute approximate surface area is 166 Å². The molecule has 0 atom stereocenters. The molecule has 0 aliphatic heterocycles. The Hall–Kier alpha value is -2.05. The first-order valence-electron chi connectivity index (χ1n) is 9.32. The third kappa shape index (κ3) is 7.23. The Morgan fingerprint density at radius 2 is 1.89 bits per heavy atom. The maximum atomic E-state index is 5.59. The number of thiophene rings is 1. The molecule has 0 radical (unpaired) electrons. The van der Waals surface area contributed by atoms with Gasteiger partial charge in [-0.05, 0) is 36.1 Å². The molecule has 0 aliphatic carbocycles. The van der Waals surface area contributed by atoms with Gasteiger partial charge in [0.05, 0.1) is 13.2 Å². The third-order valence-electron chi connectivity index (χ3n) is 4.13. The number of hydrogen-bond acceptors (Lipinski definition) is 4. The van der Waals surface area contributed by atoms with Gasteiger partial charge in [0.2, 0.25) is 0 Å². The van der Waals surface area contributed by atoms with E-state index in [2.05, 4.69) is 48.9 Å². The molecular formula is C21H31N3O2S. The van der Waals surface area contributed by atoms with Crippen molar-refractivity contribution in [2.75, 3.05) is 33.4 Å². The molecule has 148 valence electrons. The minimum Gasteiger partial charge on any atom is -0.491 e. The van der Waals surface area contributed by atoms with Crippen LogP contribution in [-0.2, 0) is 16.7 Å². The van der Waals surface area contributed by atoms with Crippen LogP contribution in [0.4, 0.5) is 0 Å². The van der Waals surface area contributed by atoms with E-state index in [-0.39, 0.29) is 5.41 Å². The Balaban J connectivity index is 1.90. The fourth-order valence-corrected chi connectivity index (χ4v) is 3.35. The Bertz CT molecular complexity index is 682. The van der Waals surface area contributed by atoms with Crippen LogP contribution in [0.15, 0.2) is 46.8 Å². The average Bonchev–Trinajstić information content (AvgIpc) is 3.21. The summed E-state index contributed by atoms with van der Waals surface area (Å²) in [6.07, 6.45) is 0. The van der Waals surface area contributed by atoms with E-state index in [1.807, 2.05) is 24.3 Å². The van der Waals surface area contributed by atoms with E-state index in [1.54, 1.807) is 18.4 Å². The second-order valence-corrected chi connectivity index (χ2v) is 7.84. The lowest BCUT2D eigenvalue weighted by molar-refractivity contribution is 0.146. The third-order valence-corrected chi connectivity index (χ3v) is 5.37. The summed E-state index contributed by atoms with van der Waals surface area (Å²) in [6, 6.07) is 12.3. The molecule has 5 nitrogen and oxygen atoms in total. The van der Waals surface area contributed by atoms with Gasteiger partial charge in [0, 0.05) is 30.5 Å². The predicted octanol–water partition coefficient (Wildman–Crippen LogP) is 3.81. The van der Waals surface area contributed by atoms with Crippen LogP contribution >= 0.6 is 11.3 Å². The van der Waals surface area contributed by atoms with E-state index < -0.39 is 0 Å². The van der Waals surface area contributed by atoms with Crippen LogP contribution in [-0.4, -0.2) is 39.4 Å². The summed E-state index contributed by atoms with van der Waals surface area (Å²) in [5, 5.41) is 8.92. The fraction of sp³-hybridized carbons (Fsp3) is 0.476. The number of aliphatic imine (C=N–C) groups is 1. The highest BCUT2D eigenvalue weighted by molar-refractivity contribution is 7.10. The molecule has 2 N–H and O–H groups in total. The highest BCUT2D eigenvalue weighted by Gasteiger charge is 2.21. The van der Waals surface area contributed by atoms with Gasteiger partial charge < -0.3 is 20.1 Å². The zero-order valence-corrected chi connectivity index (χ0v) is 17.6. The summed E-state index contributed by atoms with van der Waals surface area (Å²) in [5.41, 5.74) is 1.20. The summed E-state index contributed by atoms with van der Waals surface area (Å²) < 4.78 is 10.6. The largest absolute Gasteiger partial charge is 0.491 e. The van der Waals surface area contributed by atoms with Crippen LogP contribution in [0.1, 0.15) is 31.2 Å². The zero-order valence-electron chi connectivity index (χ0n) is 16.7. The van der Waals surface area contributed by atoms with Crippen LogP contribution in [0.5, 0.6) is 5.75 Å². The monoisotopic (exact) mass is 389 g/mol. The summed E-state index contributed by atoms with van der Waals surface area (Å²) in [4.78, 5) is 6.08. The molecule has 0 aliphatic rings. The topological polar surface area (TPSA) is 54.9 Å². The van der Waals surface area contributed by atoms with Crippen LogP contribution in [0.25, 0.3) is 0 Å². The number of nitrogens with zero attached hydrogens (tertiary/aromatic N) is 1. The number of nitrogens with one attached hydrogen (secondary N) is 2. The van der Waals surface area contributed by atoms with Gasteiger partial charge in [-0.1, -0.05) is 32.0 Å². The highest BCUT2D eigenvalue weighted by atomic mass is 32.1. The first kappa shape index (κ1) is 21.3. The fourth-order valence-electron chi connectivity index (χ4n) is 2.50. The maximum Gasteiger partial charge on any atom is 0.191 e. The molecule has 2 rings (SSSR count). The van der Waals surface area contributed by atoms with Gasteiger partial charge >= 0.3 is 0 Å². The van der Waals surface area contributed by atoms with E-state index in [9.17, 15) is 0 Å². The smallest absolute Gasteiger partial charge is 0.191 e. The Kier molecular flexibility index (Phi) is 8.61. The van der Waals surface area contributed by atoms with Gasteiger partial charge in [0.25, 0.3) is 0 Å². The molecule has 27 heavy (non-hydrogen) atoms. The molecule has 2 aromatic rings. The molecule has 6 heteroatoms. The molecule has 1 aromatic heterocycles. The predicted molar refractivity (Wildman–Crippen MR) is 114 cm³/mol. The van der Waals surface area contributed by atoms with E-state index in [4.69, 9.17) is 14.5 Å². The van der Waals surface area contributed by atoms with Crippen molar-refractivity contribution in [3.05, 3.63) is 52.2 Å². The first-order chi connectivity index (χ1) is 13.0. The van der Waals surface area contributed by atoms with Crippen molar-refractivity contribution in [1.29, 1.82) is 0 Å². The quantitative estimate of drug-likeness (QED) is 0.369. The summed E-state index contributed by atoms with van der Waals surface area (Å²) in [7, 11) is 1.67. The van der Waals surface area contributed by atoms with Crippen molar-refractivity contribution in [2.24, 2.45) is 4.99 Å². The lowest BCUT2D eigenvalue weighted by Crippen LogP contribution is -2.43. The lowest BCUT2D eigenvalue weighted by Gasteiger charge is -2.25. The van der Waals surface area contributed by atoms with Gasteiger partial charge in [-0.25, -0.2) is 4.99 Å². The minimum atomic E-state index is 0.0611. The average molecular weight is 390 g/mol. The van der Waals surface area contributed by atoms with Crippen molar-refractivity contribution >= 4 is 17.3 Å². The second kappa shape index (κ2) is 10.9. The summed E-state index contributed by atoms with van der Waals surface area (Å²) in [6.45, 7) is 9.99. The summed E-state index contributed by atoms with van der Waals surface area (Å²) >= 11 is 1.79. The second-order valence-electron chi connectivity index (χ2n) is 6.90. The van der Waals surface area contributed by atoms with Crippen molar-refractivity contribution in [3.63, 3.8) is 0 Å². The van der Waals surface area contributed by atoms with Gasteiger partial charge in [-0.2, -0.15) is 0 Å². The van der Waals surface area contributed by atoms with Crippen LogP contribution < -0.4 is 15.4 Å². The molecular weight excluding hydrogens is 358 g/mol. The Morgan fingerprint density at radius 3 is 2.52 bits per heavy atom. The molecule has 0 saturated carbocycles. The van der Waals surface area contributed by atoms with Crippen molar-refractivity contribution < 1.29 is 9.47 Å². The van der Waals surface area contributed by atoms with E-state index in [0.717, 1.165) is 30.4 Å². The SMILES string of the molecule is CCNC(=NCc1ccc(OCCOC)cc1)NCC(C)(C)c1cccs1. The van der Waals surface area contributed by atoms with Crippen LogP contribution in [0, 0.1) is 0 Å². The molecule has 0 bridgehead atoms. The number of guanidine groups is 1. The van der Waals surface area contributed by atoms with Crippen molar-refractivity contribution in [3.8, 4) is 5.75 Å². The van der Waals surface area contributed by atoms with Gasteiger partial charge in [-0.3, -0.25) is 0 Å². The molecule has 0 spiro atoms. The summed E-state index contributed by atoms with van der Waals surface area (Å²) in [5.74, 6) is 1.69. The van der Waals surface area contributed by atoms with E-state index in [0.29, 0.717) is 19.8 Å². The van der Waals surface area contributed by atoms with Crippen LogP contribution in [0.2, 0.25) is 0 Å².